The van der Waals surface area contributed by atoms with Gasteiger partial charge in [-0.05, 0) is 55.3 Å². The Bertz CT molecular complexity index is 927. The fraction of sp³-hybridized carbons (Fsp3) is 0.318. The molecule has 152 valence electrons. The van der Waals surface area contributed by atoms with Gasteiger partial charge in [0, 0.05) is 24.3 Å². The number of aryl methyl sites for hydroxylation is 1. The molecule has 1 N–H and O–H groups in total. The molecule has 2 aromatic carbocycles. The highest BCUT2D eigenvalue weighted by molar-refractivity contribution is 6.03. The third-order valence-corrected chi connectivity index (χ3v) is 4.79. The second-order valence-corrected chi connectivity index (χ2v) is 7.04. The third kappa shape index (κ3) is 4.80. The van der Waals surface area contributed by atoms with Crippen LogP contribution in [-0.4, -0.2) is 30.9 Å². The number of benzene rings is 2. The summed E-state index contributed by atoms with van der Waals surface area (Å²) < 4.78 is 18.9. The molecule has 1 aliphatic rings. The molecule has 7 heteroatoms. The van der Waals surface area contributed by atoms with Gasteiger partial charge in [-0.1, -0.05) is 13.0 Å². The van der Waals surface area contributed by atoms with Crippen molar-refractivity contribution in [2.45, 2.75) is 26.7 Å². The lowest BCUT2D eigenvalue weighted by molar-refractivity contribution is -0.122. The second kappa shape index (κ2) is 8.86. The molecule has 0 aliphatic carbocycles. The zero-order chi connectivity index (χ0) is 21.0. The molecule has 2 aromatic rings. The summed E-state index contributed by atoms with van der Waals surface area (Å²) in [7, 11) is 0. The molecule has 29 heavy (non-hydrogen) atoms. The number of carbonyl (C=O) groups excluding carboxylic acids is 3. The molecule has 0 spiro atoms. The smallest absolute Gasteiger partial charge is 0.338 e. The number of rotatable bonds is 6. The number of hydrogen-bond donors (Lipinski definition) is 1. The van der Waals surface area contributed by atoms with E-state index in [4.69, 9.17) is 4.74 Å². The van der Waals surface area contributed by atoms with Gasteiger partial charge < -0.3 is 15.0 Å². The van der Waals surface area contributed by atoms with E-state index in [-0.39, 0.29) is 30.6 Å². The van der Waals surface area contributed by atoms with Gasteiger partial charge in [-0.3, -0.25) is 9.59 Å². The average Bonchev–Trinajstić information content (AvgIpc) is 3.10. The van der Waals surface area contributed by atoms with Crippen LogP contribution in [0.15, 0.2) is 42.5 Å². The lowest BCUT2D eigenvalue weighted by Crippen LogP contribution is -2.28. The van der Waals surface area contributed by atoms with Crippen molar-refractivity contribution in [2.75, 3.05) is 23.4 Å². The van der Waals surface area contributed by atoms with E-state index in [0.717, 1.165) is 6.42 Å². The summed E-state index contributed by atoms with van der Waals surface area (Å²) in [5.41, 5.74) is 1.87. The maximum atomic E-state index is 13.8. The van der Waals surface area contributed by atoms with E-state index < -0.39 is 11.9 Å². The Kier molecular flexibility index (Phi) is 6.26. The maximum Gasteiger partial charge on any atom is 0.338 e. The molecule has 6 nitrogen and oxygen atoms in total. The molecule has 0 radical (unpaired) electrons. The molecule has 2 amide bonds. The summed E-state index contributed by atoms with van der Waals surface area (Å²) in [6.45, 7) is 4.11. The number of esters is 1. The van der Waals surface area contributed by atoms with Crippen molar-refractivity contribution in [2.24, 2.45) is 5.92 Å². The van der Waals surface area contributed by atoms with E-state index in [1.165, 1.54) is 11.0 Å². The molecule has 1 fully saturated rings. The normalized spacial score (nSPS) is 16.0. The van der Waals surface area contributed by atoms with Gasteiger partial charge in [0.1, 0.15) is 5.82 Å². The van der Waals surface area contributed by atoms with Crippen molar-refractivity contribution in [3.63, 3.8) is 0 Å². The van der Waals surface area contributed by atoms with Gasteiger partial charge in [-0.2, -0.15) is 0 Å². The van der Waals surface area contributed by atoms with Crippen molar-refractivity contribution >= 4 is 29.2 Å². The van der Waals surface area contributed by atoms with Gasteiger partial charge in [0.2, 0.25) is 11.8 Å². The van der Waals surface area contributed by atoms with Gasteiger partial charge in [0.15, 0.2) is 0 Å². The minimum absolute atomic E-state index is 0.0583. The topological polar surface area (TPSA) is 75.7 Å². The van der Waals surface area contributed by atoms with Crippen LogP contribution < -0.4 is 10.2 Å². The number of amides is 2. The fourth-order valence-electron chi connectivity index (χ4n) is 3.09. The third-order valence-electron chi connectivity index (χ3n) is 4.79. The van der Waals surface area contributed by atoms with Crippen molar-refractivity contribution in [1.82, 2.24) is 0 Å². The minimum Gasteiger partial charge on any atom is -0.462 e. The summed E-state index contributed by atoms with van der Waals surface area (Å²) >= 11 is 0. The van der Waals surface area contributed by atoms with Crippen LogP contribution in [-0.2, 0) is 14.3 Å². The van der Waals surface area contributed by atoms with Crippen LogP contribution in [0.1, 0.15) is 35.7 Å². The van der Waals surface area contributed by atoms with E-state index in [9.17, 15) is 18.8 Å². The predicted molar refractivity (Wildman–Crippen MR) is 107 cm³/mol. The average molecular weight is 398 g/mol. The highest BCUT2D eigenvalue weighted by Gasteiger charge is 2.35. The first kappa shape index (κ1) is 20.5. The number of carbonyl (C=O) groups is 3. The van der Waals surface area contributed by atoms with E-state index in [1.807, 2.05) is 6.92 Å². The Labute approximate surface area is 168 Å². The van der Waals surface area contributed by atoms with Crippen molar-refractivity contribution in [3.8, 4) is 0 Å². The fourth-order valence-corrected chi connectivity index (χ4v) is 3.09. The molecule has 1 heterocycles. The largest absolute Gasteiger partial charge is 0.462 e. The molecule has 3 rings (SSSR count). The van der Waals surface area contributed by atoms with Crippen LogP contribution in [0, 0.1) is 18.7 Å². The van der Waals surface area contributed by atoms with Crippen molar-refractivity contribution < 1.29 is 23.5 Å². The van der Waals surface area contributed by atoms with Gasteiger partial charge >= 0.3 is 5.97 Å². The number of hydrogen-bond acceptors (Lipinski definition) is 4. The van der Waals surface area contributed by atoms with Crippen LogP contribution in [0.25, 0.3) is 0 Å². The second-order valence-electron chi connectivity index (χ2n) is 7.04. The summed E-state index contributed by atoms with van der Waals surface area (Å²) in [5, 5.41) is 2.76. The molecule has 1 atom stereocenters. The summed E-state index contributed by atoms with van der Waals surface area (Å²) in [6, 6.07) is 11.0. The zero-order valence-corrected chi connectivity index (χ0v) is 16.4. The zero-order valence-electron chi connectivity index (χ0n) is 16.4. The quantitative estimate of drug-likeness (QED) is 0.753. The molecule has 1 aliphatic heterocycles. The minimum atomic E-state index is -0.541. The van der Waals surface area contributed by atoms with Gasteiger partial charge in [0.25, 0.3) is 0 Å². The first-order chi connectivity index (χ1) is 13.9. The monoisotopic (exact) mass is 398 g/mol. The Balaban J connectivity index is 1.62. The molecular weight excluding hydrogens is 375 g/mol. The number of nitrogens with one attached hydrogen (secondary N) is 1. The van der Waals surface area contributed by atoms with Crippen LogP contribution >= 0.6 is 0 Å². The summed E-state index contributed by atoms with van der Waals surface area (Å²) in [6.07, 6.45) is 0.801. The lowest BCUT2D eigenvalue weighted by atomic mass is 10.1. The first-order valence-electron chi connectivity index (χ1n) is 9.53. The molecular formula is C22H23FN2O4. The molecule has 0 bridgehead atoms. The maximum absolute atomic E-state index is 13.8. The van der Waals surface area contributed by atoms with Crippen LogP contribution in [0.3, 0.4) is 0 Å². The standard InChI is InChI=1S/C22H23FN2O4/c1-3-10-29-22(28)15-5-7-17(8-6-15)24-21(27)16-11-20(26)25(13-16)18-9-4-14(2)19(23)12-18/h4-9,12,16H,3,10-11,13H2,1-2H3,(H,24,27). The predicted octanol–water partition coefficient (Wildman–Crippen LogP) is 3.69. The first-order valence-corrected chi connectivity index (χ1v) is 9.53. The Morgan fingerprint density at radius 2 is 1.93 bits per heavy atom. The number of ether oxygens (including phenoxy) is 1. The SMILES string of the molecule is CCCOC(=O)c1ccc(NC(=O)C2CC(=O)N(c3ccc(C)c(F)c3)C2)cc1. The summed E-state index contributed by atoms with van der Waals surface area (Å²) in [4.78, 5) is 38.1. The Hall–Kier alpha value is -3.22. The van der Waals surface area contributed by atoms with Gasteiger partial charge in [-0.15, -0.1) is 0 Å². The Morgan fingerprint density at radius 1 is 1.21 bits per heavy atom. The van der Waals surface area contributed by atoms with Crippen molar-refractivity contribution in [1.29, 1.82) is 0 Å². The summed E-state index contributed by atoms with van der Waals surface area (Å²) in [5.74, 6) is -1.86. The van der Waals surface area contributed by atoms with Crippen LogP contribution in [0.2, 0.25) is 0 Å². The molecule has 0 saturated carbocycles. The van der Waals surface area contributed by atoms with Gasteiger partial charge in [-0.25, -0.2) is 9.18 Å². The van der Waals surface area contributed by atoms with Crippen LogP contribution in [0.5, 0.6) is 0 Å². The number of anilines is 2. The number of nitrogens with zero attached hydrogens (tertiary/aromatic N) is 1. The Morgan fingerprint density at radius 3 is 2.59 bits per heavy atom. The van der Waals surface area contributed by atoms with Gasteiger partial charge in [0.05, 0.1) is 18.1 Å². The molecule has 1 saturated heterocycles. The van der Waals surface area contributed by atoms with Crippen LogP contribution in [0.4, 0.5) is 15.8 Å². The highest BCUT2D eigenvalue weighted by Crippen LogP contribution is 2.27. The van der Waals surface area contributed by atoms with E-state index in [0.29, 0.717) is 29.1 Å². The molecule has 0 aromatic heterocycles. The number of halogens is 1. The van der Waals surface area contributed by atoms with E-state index >= 15 is 0 Å². The van der Waals surface area contributed by atoms with Crippen molar-refractivity contribution in [3.05, 3.63) is 59.4 Å². The highest BCUT2D eigenvalue weighted by atomic mass is 19.1. The lowest BCUT2D eigenvalue weighted by Gasteiger charge is -2.17. The molecule has 1 unspecified atom stereocenters. The van der Waals surface area contributed by atoms with E-state index in [2.05, 4.69) is 5.32 Å². The van der Waals surface area contributed by atoms with E-state index in [1.54, 1.807) is 43.3 Å².